The van der Waals surface area contributed by atoms with Gasteiger partial charge < -0.3 is 10.1 Å². The Morgan fingerprint density at radius 2 is 2.08 bits per heavy atom. The van der Waals surface area contributed by atoms with Crippen molar-refractivity contribution in [3.8, 4) is 0 Å². The van der Waals surface area contributed by atoms with Gasteiger partial charge in [-0.05, 0) is 19.9 Å². The highest BCUT2D eigenvalue weighted by Gasteiger charge is 2.32. The number of hydrogen-bond acceptors (Lipinski definition) is 7. The zero-order chi connectivity index (χ0) is 18.6. The van der Waals surface area contributed by atoms with Crippen molar-refractivity contribution < 1.29 is 19.2 Å². The predicted molar refractivity (Wildman–Crippen MR) is 95.0 cm³/mol. The third kappa shape index (κ3) is 4.24. The summed E-state index contributed by atoms with van der Waals surface area (Å²) in [5.41, 5.74) is -0.00873. The van der Waals surface area contributed by atoms with Crippen LogP contribution in [0.2, 0.25) is 0 Å². The molecule has 1 unspecified atom stereocenters. The number of carbonyl (C=O) groups is 2. The monoisotopic (exact) mass is 363 g/mol. The van der Waals surface area contributed by atoms with Crippen LogP contribution in [0.1, 0.15) is 26.3 Å². The van der Waals surface area contributed by atoms with Crippen LogP contribution in [0.15, 0.2) is 34.8 Å². The Morgan fingerprint density at radius 3 is 2.68 bits per heavy atom. The van der Waals surface area contributed by atoms with Crippen molar-refractivity contribution in [1.82, 2.24) is 5.32 Å². The maximum atomic E-state index is 12.4. The Kier molecular flexibility index (Phi) is 5.92. The number of ether oxygens (including phenoxy) is 1. The van der Waals surface area contributed by atoms with Gasteiger partial charge in [-0.1, -0.05) is 23.9 Å². The van der Waals surface area contributed by atoms with E-state index in [0.717, 1.165) is 11.8 Å². The average Bonchev–Trinajstić information content (AvgIpc) is 2.53. The third-order valence-electron chi connectivity index (χ3n) is 3.28. The molecule has 0 aliphatic carbocycles. The van der Waals surface area contributed by atoms with E-state index in [-0.39, 0.29) is 29.3 Å². The molecule has 2 rings (SSSR count). The minimum absolute atomic E-state index is 0.136. The number of amides is 1. The van der Waals surface area contributed by atoms with Crippen LogP contribution in [0.5, 0.6) is 0 Å². The number of esters is 1. The molecule has 0 aromatic heterocycles. The van der Waals surface area contributed by atoms with Gasteiger partial charge >= 0.3 is 5.97 Å². The molecule has 0 saturated carbocycles. The fourth-order valence-corrected chi connectivity index (χ4v) is 3.61. The van der Waals surface area contributed by atoms with E-state index < -0.39 is 16.4 Å². The summed E-state index contributed by atoms with van der Waals surface area (Å²) >= 11 is 1.07. The molecule has 0 saturated heterocycles. The number of rotatable bonds is 5. The largest absolute Gasteiger partial charge is 0.462 e. The second-order valence-electron chi connectivity index (χ2n) is 5.08. The summed E-state index contributed by atoms with van der Waals surface area (Å²) in [5.74, 6) is -0.902. The van der Waals surface area contributed by atoms with Gasteiger partial charge in [-0.25, -0.2) is 4.79 Å². The average molecular weight is 363 g/mol. The summed E-state index contributed by atoms with van der Waals surface area (Å²) in [6, 6.07) is 6.11. The van der Waals surface area contributed by atoms with Crippen LogP contribution in [-0.4, -0.2) is 34.6 Å². The minimum Gasteiger partial charge on any atom is -0.462 e. The molecule has 1 aliphatic heterocycles. The van der Waals surface area contributed by atoms with Gasteiger partial charge in [-0.3, -0.25) is 19.9 Å². The highest BCUT2D eigenvalue weighted by atomic mass is 32.2. The standard InChI is InChI=1S/C16H17N3O5S/c1-4-24-15(21)13-9(2)17-16(18-10(3)20)25-14(13)11-7-5-6-8-12(11)19(22)23/h5-8,16H,4H2,1-3H3,(H,18,20). The first kappa shape index (κ1) is 18.7. The fourth-order valence-electron chi connectivity index (χ4n) is 2.30. The second kappa shape index (κ2) is 7.93. The lowest BCUT2D eigenvalue weighted by atomic mass is 10.1. The number of nitro benzene ring substituents is 1. The van der Waals surface area contributed by atoms with Gasteiger partial charge in [0.05, 0.1) is 28.4 Å². The number of nitrogens with zero attached hydrogens (tertiary/aromatic N) is 2. The van der Waals surface area contributed by atoms with Crippen molar-refractivity contribution in [3.63, 3.8) is 0 Å². The van der Waals surface area contributed by atoms with Crippen LogP contribution in [-0.2, 0) is 14.3 Å². The molecule has 0 radical (unpaired) electrons. The molecular formula is C16H17N3O5S. The van der Waals surface area contributed by atoms with Gasteiger partial charge in [-0.2, -0.15) is 0 Å². The Bertz CT molecular complexity index is 788. The number of thioether (sulfide) groups is 1. The number of nitro groups is 1. The highest BCUT2D eigenvalue weighted by Crippen LogP contribution is 2.41. The quantitative estimate of drug-likeness (QED) is 0.489. The van der Waals surface area contributed by atoms with Gasteiger partial charge in [0, 0.05) is 17.9 Å². The zero-order valence-corrected chi connectivity index (χ0v) is 14.8. The van der Waals surface area contributed by atoms with E-state index in [0.29, 0.717) is 10.6 Å². The van der Waals surface area contributed by atoms with Crippen LogP contribution in [0.4, 0.5) is 5.69 Å². The van der Waals surface area contributed by atoms with E-state index in [4.69, 9.17) is 4.74 Å². The number of nitrogens with one attached hydrogen (secondary N) is 1. The molecule has 8 nitrogen and oxygen atoms in total. The third-order valence-corrected chi connectivity index (χ3v) is 4.39. The van der Waals surface area contributed by atoms with Crippen molar-refractivity contribution in [2.45, 2.75) is 26.3 Å². The zero-order valence-electron chi connectivity index (χ0n) is 13.9. The van der Waals surface area contributed by atoms with E-state index >= 15 is 0 Å². The molecule has 1 atom stereocenters. The normalized spacial score (nSPS) is 16.9. The molecule has 1 N–H and O–H groups in total. The van der Waals surface area contributed by atoms with E-state index in [2.05, 4.69) is 10.3 Å². The first-order valence-electron chi connectivity index (χ1n) is 7.48. The maximum absolute atomic E-state index is 12.4. The van der Waals surface area contributed by atoms with Crippen LogP contribution in [0.3, 0.4) is 0 Å². The molecule has 1 amide bonds. The van der Waals surface area contributed by atoms with E-state index in [9.17, 15) is 19.7 Å². The van der Waals surface area contributed by atoms with Gasteiger partial charge in [0.25, 0.3) is 5.69 Å². The molecule has 1 aromatic carbocycles. The van der Waals surface area contributed by atoms with Crippen LogP contribution < -0.4 is 5.32 Å². The second-order valence-corrected chi connectivity index (χ2v) is 6.17. The van der Waals surface area contributed by atoms with E-state index in [1.807, 2.05) is 0 Å². The minimum atomic E-state index is -0.675. The summed E-state index contributed by atoms with van der Waals surface area (Å²) < 4.78 is 5.07. The van der Waals surface area contributed by atoms with Crippen LogP contribution >= 0.6 is 11.8 Å². The maximum Gasteiger partial charge on any atom is 0.341 e. The van der Waals surface area contributed by atoms with Gasteiger partial charge in [-0.15, -0.1) is 0 Å². The smallest absolute Gasteiger partial charge is 0.341 e. The van der Waals surface area contributed by atoms with E-state index in [1.165, 1.54) is 13.0 Å². The number of benzene rings is 1. The number of aliphatic imine (C=N–C) groups is 1. The number of hydrogen-bond donors (Lipinski definition) is 1. The first-order chi connectivity index (χ1) is 11.8. The summed E-state index contributed by atoms with van der Waals surface area (Å²) in [6.45, 7) is 4.79. The molecule has 25 heavy (non-hydrogen) atoms. The summed E-state index contributed by atoms with van der Waals surface area (Å²) in [7, 11) is 0. The summed E-state index contributed by atoms with van der Waals surface area (Å²) in [5, 5.41) is 14.0. The first-order valence-corrected chi connectivity index (χ1v) is 8.36. The molecular weight excluding hydrogens is 346 g/mol. The molecule has 1 heterocycles. The lowest BCUT2D eigenvalue weighted by Gasteiger charge is -2.24. The Balaban J connectivity index is 2.62. The Hall–Kier alpha value is -2.68. The number of carbonyl (C=O) groups excluding carboxylic acids is 2. The van der Waals surface area contributed by atoms with Crippen LogP contribution in [0, 0.1) is 10.1 Å². The predicted octanol–water partition coefficient (Wildman–Crippen LogP) is 2.50. The van der Waals surface area contributed by atoms with Crippen molar-refractivity contribution in [1.29, 1.82) is 0 Å². The van der Waals surface area contributed by atoms with Crippen molar-refractivity contribution in [2.75, 3.05) is 6.61 Å². The summed E-state index contributed by atoms with van der Waals surface area (Å²) in [4.78, 5) is 39.2. The van der Waals surface area contributed by atoms with Crippen molar-refractivity contribution in [2.24, 2.45) is 4.99 Å². The molecule has 1 aliphatic rings. The van der Waals surface area contributed by atoms with Crippen LogP contribution in [0.25, 0.3) is 4.91 Å². The lowest BCUT2D eigenvalue weighted by Crippen LogP contribution is -2.33. The number of para-hydroxylation sites is 1. The van der Waals surface area contributed by atoms with Gasteiger partial charge in [0.1, 0.15) is 0 Å². The highest BCUT2D eigenvalue weighted by molar-refractivity contribution is 8.09. The molecule has 132 valence electrons. The van der Waals surface area contributed by atoms with Crippen molar-refractivity contribution in [3.05, 3.63) is 45.5 Å². The lowest BCUT2D eigenvalue weighted by molar-refractivity contribution is -0.385. The SMILES string of the molecule is CCOC(=O)C1=C(c2ccccc2[N+](=O)[O-])SC(NC(C)=O)N=C1C. The van der Waals surface area contributed by atoms with E-state index in [1.54, 1.807) is 32.0 Å². The molecule has 0 bridgehead atoms. The molecule has 9 heteroatoms. The van der Waals surface area contributed by atoms with Crippen molar-refractivity contribution >= 4 is 39.9 Å². The Morgan fingerprint density at radius 1 is 1.40 bits per heavy atom. The molecule has 0 fully saturated rings. The van der Waals surface area contributed by atoms with Gasteiger partial charge in [0.2, 0.25) is 5.91 Å². The molecule has 0 spiro atoms. The fraction of sp³-hybridized carbons (Fsp3) is 0.312. The Labute approximate surface area is 148 Å². The molecule has 1 aromatic rings. The summed E-state index contributed by atoms with van der Waals surface area (Å²) in [6.07, 6.45) is 0. The van der Waals surface area contributed by atoms with Gasteiger partial charge in [0.15, 0.2) is 5.50 Å². The topological polar surface area (TPSA) is 111 Å².